The summed E-state index contributed by atoms with van der Waals surface area (Å²) in [7, 11) is 2.15. The van der Waals surface area contributed by atoms with E-state index < -0.39 is 0 Å². The van der Waals surface area contributed by atoms with Crippen LogP contribution in [0.5, 0.6) is 0 Å². The lowest BCUT2D eigenvalue weighted by Crippen LogP contribution is -2.49. The minimum Gasteiger partial charge on any atom is -0.366 e. The van der Waals surface area contributed by atoms with Crippen LogP contribution in [-0.2, 0) is 9.53 Å². The average Bonchev–Trinajstić information content (AvgIpc) is 2.39. The number of ether oxygens (including phenoxy) is 1. The molecule has 0 spiro atoms. The zero-order valence-electron chi connectivity index (χ0n) is 10.6. The Morgan fingerprint density at radius 1 is 1.47 bits per heavy atom. The maximum Gasteiger partial charge on any atom is 0.250 e. The number of piperidine rings is 1. The lowest BCUT2D eigenvalue weighted by Gasteiger charge is -2.29. The van der Waals surface area contributed by atoms with E-state index in [0.29, 0.717) is 19.1 Å². The third-order valence-electron chi connectivity index (χ3n) is 3.62. The van der Waals surface area contributed by atoms with Gasteiger partial charge in [0.15, 0.2) is 0 Å². The van der Waals surface area contributed by atoms with Gasteiger partial charge in [-0.1, -0.05) is 0 Å². The second kappa shape index (κ2) is 6.33. The van der Waals surface area contributed by atoms with E-state index in [2.05, 4.69) is 22.6 Å². The molecule has 1 atom stereocenters. The molecule has 1 amide bonds. The minimum absolute atomic E-state index is 0.0381. The lowest BCUT2D eigenvalue weighted by molar-refractivity contribution is -0.134. The number of morpholine rings is 1. The Hall–Kier alpha value is -0.650. The predicted octanol–water partition coefficient (Wildman–Crippen LogP) is -0.567. The van der Waals surface area contributed by atoms with E-state index >= 15 is 0 Å². The highest BCUT2D eigenvalue weighted by Crippen LogP contribution is 2.14. The Morgan fingerprint density at radius 3 is 2.88 bits per heavy atom. The fourth-order valence-corrected chi connectivity index (χ4v) is 2.36. The molecule has 2 fully saturated rings. The molecule has 5 nitrogen and oxygen atoms in total. The number of hydrogen-bond donors (Lipinski definition) is 2. The van der Waals surface area contributed by atoms with Gasteiger partial charge in [-0.2, -0.15) is 0 Å². The fraction of sp³-hybridized carbons (Fsp3) is 0.917. The van der Waals surface area contributed by atoms with Gasteiger partial charge in [0.1, 0.15) is 6.10 Å². The monoisotopic (exact) mass is 241 g/mol. The minimum atomic E-state index is -0.296. The summed E-state index contributed by atoms with van der Waals surface area (Å²) in [5.41, 5.74) is 0. The molecular weight excluding hydrogens is 218 g/mol. The third kappa shape index (κ3) is 3.94. The molecule has 1 unspecified atom stereocenters. The summed E-state index contributed by atoms with van der Waals surface area (Å²) in [6.07, 6.45) is 2.07. The Morgan fingerprint density at radius 2 is 2.24 bits per heavy atom. The van der Waals surface area contributed by atoms with Crippen molar-refractivity contribution in [2.45, 2.75) is 18.9 Å². The van der Waals surface area contributed by atoms with Crippen molar-refractivity contribution in [3.8, 4) is 0 Å². The van der Waals surface area contributed by atoms with Crippen LogP contribution in [0.3, 0.4) is 0 Å². The standard InChI is InChI=1S/C12H23N3O2/c1-15-5-2-10(3-6-15)8-14-12(16)11-9-13-4-7-17-11/h10-11,13H,2-9H2,1H3,(H,14,16). The molecule has 2 aliphatic rings. The highest BCUT2D eigenvalue weighted by Gasteiger charge is 2.23. The zero-order chi connectivity index (χ0) is 12.1. The lowest BCUT2D eigenvalue weighted by atomic mass is 9.97. The molecule has 0 aromatic heterocycles. The number of hydrogen-bond acceptors (Lipinski definition) is 4. The Balaban J connectivity index is 1.65. The molecule has 5 heteroatoms. The Labute approximate surface area is 103 Å². The van der Waals surface area contributed by atoms with E-state index in [0.717, 1.165) is 26.2 Å². The number of likely N-dealkylation sites (tertiary alicyclic amines) is 1. The summed E-state index contributed by atoms with van der Waals surface area (Å²) in [6, 6.07) is 0. The second-order valence-electron chi connectivity index (χ2n) is 5.06. The first-order chi connectivity index (χ1) is 8.25. The molecule has 0 bridgehead atoms. The van der Waals surface area contributed by atoms with Crippen molar-refractivity contribution in [3.63, 3.8) is 0 Å². The van der Waals surface area contributed by atoms with Crippen LogP contribution >= 0.6 is 0 Å². The van der Waals surface area contributed by atoms with Gasteiger partial charge in [-0.3, -0.25) is 4.79 Å². The topological polar surface area (TPSA) is 53.6 Å². The van der Waals surface area contributed by atoms with E-state index in [9.17, 15) is 4.79 Å². The fourth-order valence-electron chi connectivity index (χ4n) is 2.36. The molecule has 2 aliphatic heterocycles. The molecule has 0 aromatic carbocycles. The van der Waals surface area contributed by atoms with Crippen molar-refractivity contribution in [3.05, 3.63) is 0 Å². The van der Waals surface area contributed by atoms with Crippen molar-refractivity contribution in [2.75, 3.05) is 46.4 Å². The Kier molecular flexibility index (Phi) is 4.76. The van der Waals surface area contributed by atoms with Crippen molar-refractivity contribution in [1.29, 1.82) is 0 Å². The quantitative estimate of drug-likeness (QED) is 0.695. The molecule has 2 heterocycles. The first-order valence-electron chi connectivity index (χ1n) is 6.54. The van der Waals surface area contributed by atoms with Gasteiger partial charge in [-0.15, -0.1) is 0 Å². The molecule has 98 valence electrons. The summed E-state index contributed by atoms with van der Waals surface area (Å²) in [6.45, 7) is 5.20. The van der Waals surface area contributed by atoms with Gasteiger partial charge in [0.2, 0.25) is 5.91 Å². The van der Waals surface area contributed by atoms with E-state index in [1.54, 1.807) is 0 Å². The Bertz CT molecular complexity index is 246. The van der Waals surface area contributed by atoms with Gasteiger partial charge in [0.05, 0.1) is 6.61 Å². The van der Waals surface area contributed by atoms with Crippen LogP contribution in [0.4, 0.5) is 0 Å². The molecule has 0 saturated carbocycles. The molecule has 2 N–H and O–H groups in total. The number of carbonyl (C=O) groups is 1. The van der Waals surface area contributed by atoms with E-state index in [1.165, 1.54) is 12.8 Å². The van der Waals surface area contributed by atoms with Crippen molar-refractivity contribution < 1.29 is 9.53 Å². The van der Waals surface area contributed by atoms with E-state index in [1.807, 2.05) is 0 Å². The van der Waals surface area contributed by atoms with Gasteiger partial charge in [0, 0.05) is 19.6 Å². The normalized spacial score (nSPS) is 27.9. The molecule has 2 rings (SSSR count). The molecule has 2 saturated heterocycles. The van der Waals surface area contributed by atoms with Crippen LogP contribution in [0.25, 0.3) is 0 Å². The average molecular weight is 241 g/mol. The maximum atomic E-state index is 11.8. The number of carbonyl (C=O) groups excluding carboxylic acids is 1. The highest BCUT2D eigenvalue weighted by molar-refractivity contribution is 5.81. The van der Waals surface area contributed by atoms with Gasteiger partial charge < -0.3 is 20.3 Å². The summed E-state index contributed by atoms with van der Waals surface area (Å²) >= 11 is 0. The maximum absolute atomic E-state index is 11.8. The summed E-state index contributed by atoms with van der Waals surface area (Å²) < 4.78 is 5.41. The number of nitrogens with one attached hydrogen (secondary N) is 2. The van der Waals surface area contributed by atoms with Gasteiger partial charge in [0.25, 0.3) is 0 Å². The van der Waals surface area contributed by atoms with Crippen LogP contribution in [0.15, 0.2) is 0 Å². The smallest absolute Gasteiger partial charge is 0.250 e. The van der Waals surface area contributed by atoms with Crippen LogP contribution in [0.2, 0.25) is 0 Å². The van der Waals surface area contributed by atoms with Crippen molar-refractivity contribution in [1.82, 2.24) is 15.5 Å². The number of nitrogens with zero attached hydrogens (tertiary/aromatic N) is 1. The van der Waals surface area contributed by atoms with Crippen molar-refractivity contribution in [2.24, 2.45) is 5.92 Å². The summed E-state index contributed by atoms with van der Waals surface area (Å²) in [5, 5.41) is 6.18. The largest absolute Gasteiger partial charge is 0.366 e. The van der Waals surface area contributed by atoms with Gasteiger partial charge >= 0.3 is 0 Å². The SMILES string of the molecule is CN1CCC(CNC(=O)C2CNCCO2)CC1. The first-order valence-corrected chi connectivity index (χ1v) is 6.54. The molecule has 17 heavy (non-hydrogen) atoms. The van der Waals surface area contributed by atoms with E-state index in [4.69, 9.17) is 4.74 Å². The molecule has 0 aliphatic carbocycles. The van der Waals surface area contributed by atoms with E-state index in [-0.39, 0.29) is 12.0 Å². The van der Waals surface area contributed by atoms with Crippen molar-refractivity contribution >= 4 is 5.91 Å². The molecule has 0 radical (unpaired) electrons. The van der Waals surface area contributed by atoms with Gasteiger partial charge in [-0.05, 0) is 38.9 Å². The zero-order valence-corrected chi connectivity index (χ0v) is 10.6. The third-order valence-corrected chi connectivity index (χ3v) is 3.62. The van der Waals surface area contributed by atoms with Crippen LogP contribution in [0, 0.1) is 5.92 Å². The van der Waals surface area contributed by atoms with Gasteiger partial charge in [-0.25, -0.2) is 0 Å². The highest BCUT2D eigenvalue weighted by atomic mass is 16.5. The summed E-state index contributed by atoms with van der Waals surface area (Å²) in [4.78, 5) is 14.2. The molecule has 0 aromatic rings. The first kappa shape index (κ1) is 12.8. The molecular formula is C12H23N3O2. The number of amides is 1. The number of rotatable bonds is 3. The summed E-state index contributed by atoms with van der Waals surface area (Å²) in [5.74, 6) is 0.669. The van der Waals surface area contributed by atoms with Crippen LogP contribution < -0.4 is 10.6 Å². The second-order valence-corrected chi connectivity index (χ2v) is 5.06. The van der Waals surface area contributed by atoms with Crippen LogP contribution in [-0.4, -0.2) is 63.3 Å². The predicted molar refractivity (Wildman–Crippen MR) is 65.8 cm³/mol. The van der Waals surface area contributed by atoms with Crippen LogP contribution in [0.1, 0.15) is 12.8 Å².